The van der Waals surface area contributed by atoms with E-state index in [0.717, 1.165) is 0 Å². The zero-order valence-corrected chi connectivity index (χ0v) is 8.27. The summed E-state index contributed by atoms with van der Waals surface area (Å²) in [4.78, 5) is 0. The quantitative estimate of drug-likeness (QED) is 0.735. The second-order valence-corrected chi connectivity index (χ2v) is 3.91. The fraction of sp³-hybridized carbons (Fsp3) is 0.308. The Balaban J connectivity index is 2.50. The average molecular weight is 197 g/mol. The maximum atomic E-state index is 10.4. The van der Waals surface area contributed by atoms with E-state index in [-0.39, 0.29) is 0 Å². The van der Waals surface area contributed by atoms with Gasteiger partial charge in [-0.25, -0.2) is 0 Å². The number of nitriles is 1. The fourth-order valence-corrected chi connectivity index (χ4v) is 1.86. The van der Waals surface area contributed by atoms with Gasteiger partial charge in [0.15, 0.2) is 5.60 Å². The van der Waals surface area contributed by atoms with Crippen LogP contribution in [0.15, 0.2) is 30.3 Å². The van der Waals surface area contributed by atoms with Crippen LogP contribution < -0.4 is 0 Å². The van der Waals surface area contributed by atoms with Crippen LogP contribution in [-0.2, 0) is 5.60 Å². The molecule has 1 saturated carbocycles. The lowest BCUT2D eigenvalue weighted by Gasteiger charge is -2.27. The van der Waals surface area contributed by atoms with Crippen LogP contribution in [0, 0.1) is 29.1 Å². The lowest BCUT2D eigenvalue weighted by Crippen LogP contribution is -2.34. The second-order valence-electron chi connectivity index (χ2n) is 3.91. The first-order valence-electron chi connectivity index (χ1n) is 4.85. The van der Waals surface area contributed by atoms with Gasteiger partial charge in [-0.05, 0) is 18.4 Å². The number of aliphatic hydroxyl groups is 1. The van der Waals surface area contributed by atoms with Gasteiger partial charge in [0.05, 0.1) is 6.07 Å². The van der Waals surface area contributed by atoms with Gasteiger partial charge in [-0.2, -0.15) is 5.26 Å². The molecule has 0 heterocycles. The number of benzene rings is 1. The van der Waals surface area contributed by atoms with Crippen LogP contribution in [0.3, 0.4) is 0 Å². The molecule has 0 bridgehead atoms. The van der Waals surface area contributed by atoms with Gasteiger partial charge in [0.25, 0.3) is 0 Å². The molecule has 1 fully saturated rings. The van der Waals surface area contributed by atoms with E-state index in [1.807, 2.05) is 18.2 Å². The number of hydrogen-bond donors (Lipinski definition) is 1. The number of nitrogens with zero attached hydrogens (tertiary/aromatic N) is 1. The Morgan fingerprint density at radius 1 is 1.33 bits per heavy atom. The highest BCUT2D eigenvalue weighted by atomic mass is 16.3. The molecule has 0 aromatic heterocycles. The van der Waals surface area contributed by atoms with Crippen molar-refractivity contribution in [3.05, 3.63) is 35.9 Å². The maximum Gasteiger partial charge on any atom is 0.169 e. The molecule has 0 amide bonds. The second kappa shape index (κ2) is 3.12. The van der Waals surface area contributed by atoms with Crippen molar-refractivity contribution in [2.45, 2.75) is 18.4 Å². The van der Waals surface area contributed by atoms with Crippen LogP contribution in [0.4, 0.5) is 0 Å². The molecule has 74 valence electrons. The van der Waals surface area contributed by atoms with Crippen molar-refractivity contribution >= 4 is 0 Å². The van der Waals surface area contributed by atoms with Crippen LogP contribution in [0.1, 0.15) is 18.4 Å². The van der Waals surface area contributed by atoms with Crippen LogP contribution in [0.5, 0.6) is 0 Å². The molecular formula is C13H11NO. The highest BCUT2D eigenvalue weighted by Crippen LogP contribution is 2.57. The molecule has 2 heteroatoms. The van der Waals surface area contributed by atoms with Gasteiger partial charge in [0, 0.05) is 0 Å². The molecule has 15 heavy (non-hydrogen) atoms. The Kier molecular flexibility index (Phi) is 2.03. The summed E-state index contributed by atoms with van der Waals surface area (Å²) >= 11 is 0. The highest BCUT2D eigenvalue weighted by molar-refractivity contribution is 5.40. The van der Waals surface area contributed by atoms with E-state index in [9.17, 15) is 5.11 Å². The predicted molar refractivity (Wildman–Crippen MR) is 56.5 cm³/mol. The Labute approximate surface area is 89.2 Å². The largest absolute Gasteiger partial charge is 0.372 e. The van der Waals surface area contributed by atoms with E-state index in [1.54, 1.807) is 12.1 Å². The first kappa shape index (κ1) is 9.77. The van der Waals surface area contributed by atoms with Gasteiger partial charge in [0.2, 0.25) is 0 Å². The van der Waals surface area contributed by atoms with Crippen LogP contribution >= 0.6 is 0 Å². The van der Waals surface area contributed by atoms with Crippen molar-refractivity contribution in [1.82, 2.24) is 0 Å². The fourth-order valence-electron chi connectivity index (χ4n) is 1.86. The first-order valence-corrected chi connectivity index (χ1v) is 4.85. The van der Waals surface area contributed by atoms with Crippen LogP contribution in [-0.4, -0.2) is 5.11 Å². The van der Waals surface area contributed by atoms with Crippen molar-refractivity contribution < 1.29 is 5.11 Å². The first-order chi connectivity index (χ1) is 7.18. The lowest BCUT2D eigenvalue weighted by molar-refractivity contribution is 0.0458. The van der Waals surface area contributed by atoms with Crippen molar-refractivity contribution in [3.63, 3.8) is 0 Å². The predicted octanol–water partition coefficient (Wildman–Crippen LogP) is 1.81. The van der Waals surface area contributed by atoms with Crippen LogP contribution in [0.2, 0.25) is 0 Å². The molecule has 1 aliphatic carbocycles. The molecule has 1 aromatic carbocycles. The SMILES string of the molecule is C#C[C@@](O)(c1ccccc1)C1(C#N)CC1. The Morgan fingerprint density at radius 3 is 2.33 bits per heavy atom. The molecule has 1 aliphatic rings. The third-order valence-electron chi connectivity index (χ3n) is 3.06. The molecule has 1 N–H and O–H groups in total. The van der Waals surface area contributed by atoms with Gasteiger partial charge >= 0.3 is 0 Å². The lowest BCUT2D eigenvalue weighted by atomic mass is 9.80. The van der Waals surface area contributed by atoms with E-state index in [4.69, 9.17) is 11.7 Å². The van der Waals surface area contributed by atoms with Gasteiger partial charge in [-0.15, -0.1) is 6.42 Å². The minimum Gasteiger partial charge on any atom is -0.372 e. The normalized spacial score (nSPS) is 20.7. The summed E-state index contributed by atoms with van der Waals surface area (Å²) in [7, 11) is 0. The molecule has 0 radical (unpaired) electrons. The average Bonchev–Trinajstić information content (AvgIpc) is 3.10. The topological polar surface area (TPSA) is 44.0 Å². The molecule has 1 atom stereocenters. The standard InChI is InChI=1S/C13H11NO/c1-2-13(15,12(10-14)8-9-12)11-6-4-3-5-7-11/h1,3-7,15H,8-9H2/t13-/m1/s1. The Bertz CT molecular complexity index is 448. The molecule has 0 spiro atoms. The van der Waals surface area contributed by atoms with E-state index < -0.39 is 11.0 Å². The van der Waals surface area contributed by atoms with E-state index in [0.29, 0.717) is 18.4 Å². The smallest absolute Gasteiger partial charge is 0.169 e. The van der Waals surface area contributed by atoms with E-state index in [1.165, 1.54) is 0 Å². The molecule has 2 nitrogen and oxygen atoms in total. The Hall–Kier alpha value is -1.77. The van der Waals surface area contributed by atoms with Gasteiger partial charge < -0.3 is 5.11 Å². The summed E-state index contributed by atoms with van der Waals surface area (Å²) in [6.07, 6.45) is 6.72. The third-order valence-corrected chi connectivity index (χ3v) is 3.06. The number of hydrogen-bond acceptors (Lipinski definition) is 2. The molecule has 2 rings (SSSR count). The van der Waals surface area contributed by atoms with Gasteiger partial charge in [0.1, 0.15) is 5.41 Å². The molecule has 0 unspecified atom stereocenters. The maximum absolute atomic E-state index is 10.4. The Morgan fingerprint density at radius 2 is 1.93 bits per heavy atom. The zero-order chi connectivity index (χ0) is 10.9. The summed E-state index contributed by atoms with van der Waals surface area (Å²) < 4.78 is 0. The molecule has 1 aromatic rings. The minimum absolute atomic E-state index is 0.631. The van der Waals surface area contributed by atoms with Crippen molar-refractivity contribution in [3.8, 4) is 18.4 Å². The zero-order valence-electron chi connectivity index (χ0n) is 8.27. The van der Waals surface area contributed by atoms with E-state index >= 15 is 0 Å². The van der Waals surface area contributed by atoms with Crippen LogP contribution in [0.25, 0.3) is 0 Å². The summed E-state index contributed by atoms with van der Waals surface area (Å²) in [5.41, 5.74) is -1.59. The third kappa shape index (κ3) is 1.23. The molecular weight excluding hydrogens is 186 g/mol. The van der Waals surface area contributed by atoms with Crippen molar-refractivity contribution in [2.75, 3.05) is 0 Å². The van der Waals surface area contributed by atoms with Crippen molar-refractivity contribution in [2.24, 2.45) is 5.41 Å². The summed E-state index contributed by atoms with van der Waals surface area (Å²) in [5.74, 6) is 2.38. The number of terminal acetylenes is 1. The summed E-state index contributed by atoms with van der Waals surface area (Å²) in [5, 5.41) is 19.5. The van der Waals surface area contributed by atoms with Crippen molar-refractivity contribution in [1.29, 1.82) is 5.26 Å². The monoisotopic (exact) mass is 197 g/mol. The van der Waals surface area contributed by atoms with Gasteiger partial charge in [-0.3, -0.25) is 0 Å². The minimum atomic E-state index is -1.44. The van der Waals surface area contributed by atoms with E-state index in [2.05, 4.69) is 12.0 Å². The molecule has 0 saturated heterocycles. The van der Waals surface area contributed by atoms with Gasteiger partial charge in [-0.1, -0.05) is 36.3 Å². The number of rotatable bonds is 2. The highest BCUT2D eigenvalue weighted by Gasteiger charge is 2.60. The molecule has 0 aliphatic heterocycles. The summed E-state index contributed by atoms with van der Waals surface area (Å²) in [6, 6.07) is 11.1. The summed E-state index contributed by atoms with van der Waals surface area (Å²) in [6.45, 7) is 0.